The van der Waals surface area contributed by atoms with E-state index in [9.17, 15) is 9.59 Å². The van der Waals surface area contributed by atoms with Crippen LogP contribution in [0.4, 0.5) is 11.4 Å². The monoisotopic (exact) mass is 334 g/mol. The summed E-state index contributed by atoms with van der Waals surface area (Å²) in [5, 5.41) is 5.98. The minimum absolute atomic E-state index is 0.109. The van der Waals surface area contributed by atoms with Crippen LogP contribution >= 0.6 is 0 Å². The summed E-state index contributed by atoms with van der Waals surface area (Å²) in [6.07, 6.45) is 3.93. The third-order valence-electron chi connectivity index (χ3n) is 5.70. The number of hydrogen-bond acceptors (Lipinski definition) is 2. The molecule has 4 heteroatoms. The highest BCUT2D eigenvalue weighted by Crippen LogP contribution is 2.49. The Kier molecular flexibility index (Phi) is 3.64. The molecule has 1 aliphatic heterocycles. The van der Waals surface area contributed by atoms with Crippen molar-refractivity contribution >= 4 is 23.2 Å². The first-order valence-electron chi connectivity index (χ1n) is 8.84. The number of amides is 2. The van der Waals surface area contributed by atoms with Crippen LogP contribution in [-0.4, -0.2) is 11.8 Å². The van der Waals surface area contributed by atoms with Crippen LogP contribution in [0.3, 0.4) is 0 Å². The van der Waals surface area contributed by atoms with Crippen molar-refractivity contribution < 1.29 is 9.59 Å². The van der Waals surface area contributed by atoms with Crippen LogP contribution < -0.4 is 10.6 Å². The van der Waals surface area contributed by atoms with Crippen LogP contribution in [0.25, 0.3) is 0 Å². The Morgan fingerprint density at radius 3 is 2.52 bits per heavy atom. The predicted octanol–water partition coefficient (Wildman–Crippen LogP) is 4.32. The molecule has 4 nitrogen and oxygen atoms in total. The number of rotatable bonds is 2. The summed E-state index contributed by atoms with van der Waals surface area (Å²) in [7, 11) is 0. The lowest BCUT2D eigenvalue weighted by molar-refractivity contribution is -0.120. The van der Waals surface area contributed by atoms with Crippen LogP contribution in [0, 0.1) is 13.8 Å². The molecule has 25 heavy (non-hydrogen) atoms. The lowest BCUT2D eigenvalue weighted by Crippen LogP contribution is -2.31. The molecule has 0 bridgehead atoms. The summed E-state index contributed by atoms with van der Waals surface area (Å²) in [5.74, 6) is -0.0153. The average Bonchev–Trinajstić information content (AvgIpc) is 3.18. The average molecular weight is 334 g/mol. The van der Waals surface area contributed by atoms with Crippen molar-refractivity contribution in [1.82, 2.24) is 0 Å². The molecule has 0 unspecified atom stereocenters. The first kappa shape index (κ1) is 15.9. The van der Waals surface area contributed by atoms with Crippen molar-refractivity contribution in [3.8, 4) is 0 Å². The molecule has 2 amide bonds. The fourth-order valence-corrected chi connectivity index (χ4v) is 4.05. The van der Waals surface area contributed by atoms with E-state index in [2.05, 4.69) is 10.6 Å². The fraction of sp³-hybridized carbons (Fsp3) is 0.333. The predicted molar refractivity (Wildman–Crippen MR) is 99.1 cm³/mol. The Balaban J connectivity index is 1.62. The topological polar surface area (TPSA) is 58.2 Å². The van der Waals surface area contributed by atoms with Gasteiger partial charge in [-0.15, -0.1) is 0 Å². The molecular weight excluding hydrogens is 312 g/mol. The second-order valence-corrected chi connectivity index (χ2v) is 7.26. The zero-order valence-electron chi connectivity index (χ0n) is 14.6. The van der Waals surface area contributed by atoms with Gasteiger partial charge in [0.05, 0.1) is 5.41 Å². The molecule has 2 aromatic carbocycles. The molecule has 1 saturated carbocycles. The molecule has 1 aliphatic carbocycles. The lowest BCUT2D eigenvalue weighted by Gasteiger charge is -2.21. The highest BCUT2D eigenvalue weighted by atomic mass is 16.2. The van der Waals surface area contributed by atoms with Crippen molar-refractivity contribution in [2.75, 3.05) is 10.6 Å². The Morgan fingerprint density at radius 1 is 1.04 bits per heavy atom. The molecule has 0 saturated heterocycles. The molecule has 0 radical (unpaired) electrons. The number of hydrogen-bond donors (Lipinski definition) is 2. The number of benzene rings is 2. The number of aryl methyl sites for hydroxylation is 2. The molecule has 0 atom stereocenters. The van der Waals surface area contributed by atoms with Gasteiger partial charge in [-0.05, 0) is 73.7 Å². The fourth-order valence-electron chi connectivity index (χ4n) is 4.05. The van der Waals surface area contributed by atoms with E-state index >= 15 is 0 Å². The maximum absolute atomic E-state index is 12.6. The summed E-state index contributed by atoms with van der Waals surface area (Å²) in [6, 6.07) is 11.4. The zero-order valence-corrected chi connectivity index (χ0v) is 14.6. The van der Waals surface area contributed by atoms with E-state index in [0.29, 0.717) is 5.56 Å². The van der Waals surface area contributed by atoms with Gasteiger partial charge in [0.15, 0.2) is 0 Å². The Morgan fingerprint density at radius 2 is 1.80 bits per heavy atom. The lowest BCUT2D eigenvalue weighted by atomic mass is 9.80. The van der Waals surface area contributed by atoms with Crippen LogP contribution in [0.5, 0.6) is 0 Å². The molecule has 4 rings (SSSR count). The second kappa shape index (κ2) is 5.73. The minimum Gasteiger partial charge on any atom is -0.325 e. The number of carbonyl (C=O) groups excluding carboxylic acids is 2. The number of carbonyl (C=O) groups is 2. The highest BCUT2D eigenvalue weighted by Gasteiger charge is 2.48. The van der Waals surface area contributed by atoms with Gasteiger partial charge in [-0.2, -0.15) is 0 Å². The van der Waals surface area contributed by atoms with E-state index in [1.165, 1.54) is 5.56 Å². The Bertz CT molecular complexity index is 879. The van der Waals surface area contributed by atoms with Crippen LogP contribution in [0.2, 0.25) is 0 Å². The summed E-state index contributed by atoms with van der Waals surface area (Å²) < 4.78 is 0. The third kappa shape index (κ3) is 2.53. The molecule has 1 heterocycles. The van der Waals surface area contributed by atoms with E-state index in [0.717, 1.165) is 48.2 Å². The van der Waals surface area contributed by atoms with Crippen LogP contribution in [0.15, 0.2) is 36.4 Å². The van der Waals surface area contributed by atoms with Crippen molar-refractivity contribution in [2.45, 2.75) is 44.9 Å². The van der Waals surface area contributed by atoms with Gasteiger partial charge in [0.1, 0.15) is 0 Å². The van der Waals surface area contributed by atoms with E-state index in [1.807, 2.05) is 50.2 Å². The number of fused-ring (bicyclic) bond motifs is 2. The van der Waals surface area contributed by atoms with E-state index in [-0.39, 0.29) is 11.8 Å². The molecule has 1 fully saturated rings. The van der Waals surface area contributed by atoms with Crippen molar-refractivity contribution in [3.05, 3.63) is 58.7 Å². The SMILES string of the molecule is Cc1ccc(C(=O)Nc2ccc3c(c2)C2(CCCC2)C(=O)N3)cc1C. The van der Waals surface area contributed by atoms with Gasteiger partial charge < -0.3 is 10.6 Å². The standard InChI is InChI=1S/C21H22N2O2/c1-13-5-6-15(11-14(13)2)19(24)22-16-7-8-18-17(12-16)21(20(25)23-18)9-3-4-10-21/h5-8,11-12H,3-4,9-10H2,1-2H3,(H,22,24)(H,23,25). The van der Waals surface area contributed by atoms with Gasteiger partial charge >= 0.3 is 0 Å². The summed E-state index contributed by atoms with van der Waals surface area (Å²) in [4.78, 5) is 25.0. The van der Waals surface area contributed by atoms with Gasteiger partial charge in [0.2, 0.25) is 5.91 Å². The minimum atomic E-state index is -0.392. The molecule has 2 aromatic rings. The Hall–Kier alpha value is -2.62. The van der Waals surface area contributed by atoms with Gasteiger partial charge in [-0.25, -0.2) is 0 Å². The Labute approximate surface area is 147 Å². The third-order valence-corrected chi connectivity index (χ3v) is 5.70. The molecular formula is C21H22N2O2. The van der Waals surface area contributed by atoms with Crippen molar-refractivity contribution in [2.24, 2.45) is 0 Å². The van der Waals surface area contributed by atoms with Crippen LogP contribution in [-0.2, 0) is 10.2 Å². The number of anilines is 2. The summed E-state index contributed by atoms with van der Waals surface area (Å²) in [5.41, 5.74) is 5.18. The van der Waals surface area contributed by atoms with E-state index < -0.39 is 5.41 Å². The smallest absolute Gasteiger partial charge is 0.255 e. The first-order chi connectivity index (χ1) is 12.0. The highest BCUT2D eigenvalue weighted by molar-refractivity contribution is 6.08. The quantitative estimate of drug-likeness (QED) is 0.859. The second-order valence-electron chi connectivity index (χ2n) is 7.26. The first-order valence-corrected chi connectivity index (χ1v) is 8.84. The largest absolute Gasteiger partial charge is 0.325 e. The van der Waals surface area contributed by atoms with E-state index in [4.69, 9.17) is 0 Å². The van der Waals surface area contributed by atoms with Gasteiger partial charge in [0.25, 0.3) is 5.91 Å². The molecule has 2 aliphatic rings. The van der Waals surface area contributed by atoms with Crippen molar-refractivity contribution in [3.63, 3.8) is 0 Å². The maximum Gasteiger partial charge on any atom is 0.255 e. The molecule has 1 spiro atoms. The van der Waals surface area contributed by atoms with Crippen molar-refractivity contribution in [1.29, 1.82) is 0 Å². The summed E-state index contributed by atoms with van der Waals surface area (Å²) >= 11 is 0. The van der Waals surface area contributed by atoms with Gasteiger partial charge in [0, 0.05) is 16.9 Å². The van der Waals surface area contributed by atoms with Crippen LogP contribution in [0.1, 0.15) is 52.7 Å². The summed E-state index contributed by atoms with van der Waals surface area (Å²) in [6.45, 7) is 4.03. The van der Waals surface area contributed by atoms with Gasteiger partial charge in [-0.1, -0.05) is 18.9 Å². The number of nitrogens with one attached hydrogen (secondary N) is 2. The van der Waals surface area contributed by atoms with Gasteiger partial charge in [-0.3, -0.25) is 9.59 Å². The molecule has 128 valence electrons. The molecule has 0 aromatic heterocycles. The maximum atomic E-state index is 12.6. The normalized spacial score (nSPS) is 17.4. The molecule has 2 N–H and O–H groups in total. The van der Waals surface area contributed by atoms with E-state index in [1.54, 1.807) is 0 Å². The zero-order chi connectivity index (χ0) is 17.6.